The van der Waals surface area contributed by atoms with Crippen LogP contribution in [-0.4, -0.2) is 30.3 Å². The minimum absolute atomic E-state index is 0.0186. The van der Waals surface area contributed by atoms with Gasteiger partial charge in [0, 0.05) is 12.6 Å². The summed E-state index contributed by atoms with van der Waals surface area (Å²) in [5.41, 5.74) is 6.14. The van der Waals surface area contributed by atoms with Crippen LogP contribution in [0.2, 0.25) is 0 Å². The molecule has 5 nitrogen and oxygen atoms in total. The Morgan fingerprint density at radius 2 is 1.85 bits per heavy atom. The topological polar surface area (TPSA) is 76.3 Å². The molecule has 0 saturated carbocycles. The third kappa shape index (κ3) is 3.71. The third-order valence-electron chi connectivity index (χ3n) is 3.21. The number of hydrogen-bond acceptors (Lipinski definition) is 5. The zero-order chi connectivity index (χ0) is 15.5. The summed E-state index contributed by atoms with van der Waals surface area (Å²) in [7, 11) is -3.52. The number of aryl methyl sites for hydroxylation is 1. The monoisotopic (exact) mass is 319 g/mol. The molecule has 0 unspecified atom stereocenters. The number of nitrogens with zero attached hydrogens (tertiary/aromatic N) is 2. The smallest absolute Gasteiger partial charge is 0.254 e. The van der Waals surface area contributed by atoms with Crippen LogP contribution in [0.4, 0.5) is 5.13 Å². The van der Waals surface area contributed by atoms with E-state index in [-0.39, 0.29) is 16.2 Å². The Morgan fingerprint density at radius 3 is 2.20 bits per heavy atom. The second-order valence-electron chi connectivity index (χ2n) is 5.36. The summed E-state index contributed by atoms with van der Waals surface area (Å²) in [5.74, 6) is 0.274. The van der Waals surface area contributed by atoms with Crippen LogP contribution in [-0.2, 0) is 10.0 Å². The van der Waals surface area contributed by atoms with Gasteiger partial charge in [-0.2, -0.15) is 4.31 Å². The highest BCUT2D eigenvalue weighted by molar-refractivity contribution is 7.91. The molecule has 0 saturated heterocycles. The molecule has 1 heterocycles. The van der Waals surface area contributed by atoms with Crippen molar-refractivity contribution in [2.75, 3.05) is 12.3 Å². The third-order valence-corrected chi connectivity index (χ3v) is 6.70. The lowest BCUT2D eigenvalue weighted by atomic mass is 10.1. The van der Waals surface area contributed by atoms with Crippen molar-refractivity contribution in [2.45, 2.75) is 57.7 Å². The maximum absolute atomic E-state index is 12.9. The molecule has 1 aromatic heterocycles. The minimum atomic E-state index is -3.52. The van der Waals surface area contributed by atoms with Crippen molar-refractivity contribution >= 4 is 26.5 Å². The van der Waals surface area contributed by atoms with Gasteiger partial charge in [0.15, 0.2) is 9.34 Å². The lowest BCUT2D eigenvalue weighted by Gasteiger charge is -2.30. The van der Waals surface area contributed by atoms with Gasteiger partial charge in [-0.25, -0.2) is 13.4 Å². The Bertz CT molecular complexity index is 534. The fourth-order valence-electron chi connectivity index (χ4n) is 2.25. The molecule has 116 valence electrons. The Kier molecular flexibility index (Phi) is 5.97. The molecular formula is C13H25N3O2S2. The average molecular weight is 319 g/mol. The number of rotatable bonds is 7. The van der Waals surface area contributed by atoms with E-state index < -0.39 is 10.0 Å². The van der Waals surface area contributed by atoms with E-state index in [1.165, 1.54) is 0 Å². The van der Waals surface area contributed by atoms with Crippen molar-refractivity contribution in [2.24, 2.45) is 5.92 Å². The van der Waals surface area contributed by atoms with Gasteiger partial charge < -0.3 is 5.73 Å². The maximum atomic E-state index is 12.9. The first-order valence-corrected chi connectivity index (χ1v) is 9.24. The predicted molar refractivity (Wildman–Crippen MR) is 84.4 cm³/mol. The molecule has 0 amide bonds. The van der Waals surface area contributed by atoms with Crippen molar-refractivity contribution in [3.05, 3.63) is 5.69 Å². The summed E-state index contributed by atoms with van der Waals surface area (Å²) < 4.78 is 27.7. The van der Waals surface area contributed by atoms with Gasteiger partial charge in [0.25, 0.3) is 10.0 Å². The summed E-state index contributed by atoms with van der Waals surface area (Å²) in [5, 5.41) is 0.301. The van der Waals surface area contributed by atoms with Gasteiger partial charge >= 0.3 is 0 Å². The number of sulfonamides is 1. The van der Waals surface area contributed by atoms with Crippen molar-refractivity contribution in [1.82, 2.24) is 9.29 Å². The second-order valence-corrected chi connectivity index (χ2v) is 8.48. The first-order valence-electron chi connectivity index (χ1n) is 6.98. The quantitative estimate of drug-likeness (QED) is 0.838. The van der Waals surface area contributed by atoms with Crippen LogP contribution in [0.3, 0.4) is 0 Å². The van der Waals surface area contributed by atoms with Crippen LogP contribution in [0.5, 0.6) is 0 Å². The van der Waals surface area contributed by atoms with E-state index in [1.807, 2.05) is 27.7 Å². The van der Waals surface area contributed by atoms with E-state index in [4.69, 9.17) is 5.73 Å². The van der Waals surface area contributed by atoms with Crippen LogP contribution in [0.1, 0.15) is 46.2 Å². The van der Waals surface area contributed by atoms with Gasteiger partial charge in [-0.3, -0.25) is 0 Å². The minimum Gasteiger partial charge on any atom is -0.375 e. The molecule has 0 aromatic carbocycles. The molecule has 0 atom stereocenters. The van der Waals surface area contributed by atoms with Crippen molar-refractivity contribution < 1.29 is 8.42 Å². The van der Waals surface area contributed by atoms with Crippen LogP contribution in [0.15, 0.2) is 4.21 Å². The van der Waals surface area contributed by atoms with Crippen LogP contribution in [0, 0.1) is 12.8 Å². The summed E-state index contributed by atoms with van der Waals surface area (Å²) in [4.78, 5) is 4.04. The first-order chi connectivity index (χ1) is 9.23. The molecule has 0 bridgehead atoms. The van der Waals surface area contributed by atoms with E-state index >= 15 is 0 Å². The van der Waals surface area contributed by atoms with Gasteiger partial charge in [-0.15, -0.1) is 0 Å². The Hall–Kier alpha value is -0.660. The van der Waals surface area contributed by atoms with E-state index in [1.54, 1.807) is 11.2 Å². The molecule has 0 aliphatic heterocycles. The van der Waals surface area contributed by atoms with Crippen LogP contribution in [0.25, 0.3) is 0 Å². The van der Waals surface area contributed by atoms with Crippen LogP contribution < -0.4 is 5.73 Å². The summed E-state index contributed by atoms with van der Waals surface area (Å²) in [6, 6.07) is 0.0186. The molecule has 0 fully saturated rings. The molecule has 7 heteroatoms. The molecule has 1 rings (SSSR count). The normalized spacial score (nSPS) is 12.8. The molecule has 0 spiro atoms. The second kappa shape index (κ2) is 6.87. The number of hydrogen-bond donors (Lipinski definition) is 1. The fraction of sp³-hybridized carbons (Fsp3) is 0.769. The van der Waals surface area contributed by atoms with E-state index in [2.05, 4.69) is 4.98 Å². The predicted octanol–water partition coefficient (Wildman–Crippen LogP) is 2.87. The van der Waals surface area contributed by atoms with E-state index in [9.17, 15) is 8.42 Å². The lowest BCUT2D eigenvalue weighted by Crippen LogP contribution is -2.41. The SMILES string of the molecule is CCC(CC)N(CC(C)C)S(=O)(=O)c1sc(N)nc1C. The van der Waals surface area contributed by atoms with E-state index in [0.29, 0.717) is 17.4 Å². The summed E-state index contributed by atoms with van der Waals surface area (Å²) in [6.07, 6.45) is 1.60. The highest BCUT2D eigenvalue weighted by Gasteiger charge is 2.33. The Morgan fingerprint density at radius 1 is 1.30 bits per heavy atom. The van der Waals surface area contributed by atoms with Crippen molar-refractivity contribution in [3.63, 3.8) is 0 Å². The Labute approximate surface area is 126 Å². The summed E-state index contributed by atoms with van der Waals surface area (Å²) in [6.45, 7) is 10.3. The van der Waals surface area contributed by atoms with Gasteiger partial charge in [0.05, 0.1) is 5.69 Å². The van der Waals surface area contributed by atoms with Gasteiger partial charge in [0.1, 0.15) is 0 Å². The molecule has 0 radical (unpaired) electrons. The number of nitrogens with two attached hydrogens (primary N) is 1. The average Bonchev–Trinajstić information content (AvgIpc) is 2.69. The number of anilines is 1. The first kappa shape index (κ1) is 17.4. The summed E-state index contributed by atoms with van der Waals surface area (Å²) >= 11 is 1.05. The van der Waals surface area contributed by atoms with Crippen molar-refractivity contribution in [1.29, 1.82) is 0 Å². The van der Waals surface area contributed by atoms with Gasteiger partial charge in [0.2, 0.25) is 0 Å². The molecule has 20 heavy (non-hydrogen) atoms. The fourth-order valence-corrected chi connectivity index (χ4v) is 5.60. The van der Waals surface area contributed by atoms with Gasteiger partial charge in [-0.1, -0.05) is 39.0 Å². The highest BCUT2D eigenvalue weighted by atomic mass is 32.2. The number of thiazole rings is 1. The number of aromatic nitrogens is 1. The molecule has 0 aliphatic rings. The molecule has 2 N–H and O–H groups in total. The largest absolute Gasteiger partial charge is 0.375 e. The highest BCUT2D eigenvalue weighted by Crippen LogP contribution is 2.30. The van der Waals surface area contributed by atoms with Crippen LogP contribution >= 0.6 is 11.3 Å². The standard InChI is InChI=1S/C13H25N3O2S2/c1-6-11(7-2)16(8-9(3)4)20(17,18)12-10(5)15-13(14)19-12/h9,11H,6-8H2,1-5H3,(H2,14,15). The molecular weight excluding hydrogens is 294 g/mol. The zero-order valence-corrected chi connectivity index (χ0v) is 14.5. The van der Waals surface area contributed by atoms with Crippen molar-refractivity contribution in [3.8, 4) is 0 Å². The lowest BCUT2D eigenvalue weighted by molar-refractivity contribution is 0.277. The van der Waals surface area contributed by atoms with E-state index in [0.717, 1.165) is 24.2 Å². The molecule has 1 aromatic rings. The molecule has 0 aliphatic carbocycles. The Balaban J connectivity index is 3.27. The zero-order valence-electron chi connectivity index (χ0n) is 12.9. The number of nitrogen functional groups attached to an aromatic ring is 1. The van der Waals surface area contributed by atoms with Gasteiger partial charge in [-0.05, 0) is 25.7 Å². The maximum Gasteiger partial charge on any atom is 0.254 e.